The summed E-state index contributed by atoms with van der Waals surface area (Å²) in [6.07, 6.45) is 0.523. The van der Waals surface area contributed by atoms with Gasteiger partial charge in [0.15, 0.2) is 0 Å². The first-order valence-corrected chi connectivity index (χ1v) is 9.53. The van der Waals surface area contributed by atoms with E-state index in [1.165, 1.54) is 16.8 Å². The number of carbonyl (C=O) groups is 1. The number of carbonyl (C=O) groups excluding carboxylic acids is 1. The highest BCUT2D eigenvalue weighted by atomic mass is 16.5. The molecule has 0 radical (unpaired) electrons. The number of hydrogen-bond acceptors (Lipinski definition) is 4. The van der Waals surface area contributed by atoms with Crippen LogP contribution in [0, 0.1) is 13.8 Å². The molecule has 0 aromatic heterocycles. The largest absolute Gasteiger partial charge is 0.497 e. The molecular formula is C22H29N3O2. The van der Waals surface area contributed by atoms with Crippen molar-refractivity contribution in [3.63, 3.8) is 0 Å². The molecule has 0 bridgehead atoms. The number of ether oxygens (including phenoxy) is 1. The number of benzene rings is 2. The van der Waals surface area contributed by atoms with E-state index in [1.54, 1.807) is 7.11 Å². The predicted octanol–water partition coefficient (Wildman–Crippen LogP) is 3.46. The van der Waals surface area contributed by atoms with E-state index in [0.717, 1.165) is 44.2 Å². The summed E-state index contributed by atoms with van der Waals surface area (Å²) in [6.45, 7) is 8.80. The van der Waals surface area contributed by atoms with Crippen molar-refractivity contribution in [3.8, 4) is 5.75 Å². The molecule has 27 heavy (non-hydrogen) atoms. The van der Waals surface area contributed by atoms with E-state index in [-0.39, 0.29) is 5.91 Å². The van der Waals surface area contributed by atoms with Gasteiger partial charge in [-0.2, -0.15) is 0 Å². The van der Waals surface area contributed by atoms with E-state index in [9.17, 15) is 4.79 Å². The van der Waals surface area contributed by atoms with Crippen molar-refractivity contribution >= 4 is 17.3 Å². The molecule has 0 aliphatic carbocycles. The molecule has 0 spiro atoms. The Morgan fingerprint density at radius 2 is 1.63 bits per heavy atom. The third kappa shape index (κ3) is 5.47. The molecule has 2 aromatic carbocycles. The maximum absolute atomic E-state index is 12.3. The Balaban J connectivity index is 1.43. The minimum atomic E-state index is 0.0811. The second-order valence-corrected chi connectivity index (χ2v) is 7.20. The lowest BCUT2D eigenvalue weighted by Gasteiger charge is -2.36. The lowest BCUT2D eigenvalue weighted by Crippen LogP contribution is -2.47. The molecule has 1 aliphatic heterocycles. The monoisotopic (exact) mass is 367 g/mol. The highest BCUT2D eigenvalue weighted by Gasteiger charge is 2.18. The van der Waals surface area contributed by atoms with Crippen molar-refractivity contribution in [1.29, 1.82) is 0 Å². The molecule has 5 nitrogen and oxygen atoms in total. The van der Waals surface area contributed by atoms with Gasteiger partial charge in [-0.1, -0.05) is 6.07 Å². The summed E-state index contributed by atoms with van der Waals surface area (Å²) < 4.78 is 5.22. The summed E-state index contributed by atoms with van der Waals surface area (Å²) in [5, 5.41) is 3.02. The van der Waals surface area contributed by atoms with Crippen LogP contribution in [0.25, 0.3) is 0 Å². The fourth-order valence-electron chi connectivity index (χ4n) is 3.55. The van der Waals surface area contributed by atoms with Crippen LogP contribution >= 0.6 is 0 Å². The van der Waals surface area contributed by atoms with E-state index in [1.807, 2.05) is 38.1 Å². The topological polar surface area (TPSA) is 44.8 Å². The number of nitrogens with one attached hydrogen (secondary N) is 1. The quantitative estimate of drug-likeness (QED) is 0.849. The summed E-state index contributed by atoms with van der Waals surface area (Å²) in [6, 6.07) is 14.3. The Morgan fingerprint density at radius 1 is 1.00 bits per heavy atom. The Hall–Kier alpha value is -2.53. The zero-order valence-corrected chi connectivity index (χ0v) is 16.5. The van der Waals surface area contributed by atoms with Crippen molar-refractivity contribution in [2.75, 3.05) is 50.1 Å². The molecule has 144 valence electrons. The van der Waals surface area contributed by atoms with Gasteiger partial charge < -0.3 is 15.0 Å². The number of rotatable bonds is 6. The van der Waals surface area contributed by atoms with Crippen LogP contribution in [-0.2, 0) is 4.79 Å². The SMILES string of the molecule is COc1ccc(N2CCN(CCC(=O)Nc3cc(C)cc(C)c3)CC2)cc1. The van der Waals surface area contributed by atoms with Gasteiger partial charge in [0.25, 0.3) is 0 Å². The van der Waals surface area contributed by atoms with Gasteiger partial charge in [-0.05, 0) is 61.4 Å². The number of hydrogen-bond donors (Lipinski definition) is 1. The van der Waals surface area contributed by atoms with Crippen LogP contribution in [0.4, 0.5) is 11.4 Å². The number of nitrogens with zero attached hydrogens (tertiary/aromatic N) is 2. The Bertz CT molecular complexity index is 745. The first-order chi connectivity index (χ1) is 13.0. The van der Waals surface area contributed by atoms with Crippen LogP contribution in [0.3, 0.4) is 0 Å². The first-order valence-electron chi connectivity index (χ1n) is 9.53. The van der Waals surface area contributed by atoms with Crippen molar-refractivity contribution in [1.82, 2.24) is 4.90 Å². The van der Waals surface area contributed by atoms with Crippen LogP contribution in [0.1, 0.15) is 17.5 Å². The van der Waals surface area contributed by atoms with Gasteiger partial charge in [-0.25, -0.2) is 0 Å². The Morgan fingerprint density at radius 3 is 2.22 bits per heavy atom. The van der Waals surface area contributed by atoms with Crippen molar-refractivity contribution in [3.05, 3.63) is 53.6 Å². The number of anilines is 2. The van der Waals surface area contributed by atoms with Crippen LogP contribution < -0.4 is 15.0 Å². The molecule has 0 atom stereocenters. The molecule has 1 N–H and O–H groups in total. The molecule has 5 heteroatoms. The number of methoxy groups -OCH3 is 1. The third-order valence-corrected chi connectivity index (χ3v) is 4.97. The molecule has 0 saturated carbocycles. The predicted molar refractivity (Wildman–Crippen MR) is 111 cm³/mol. The summed E-state index contributed by atoms with van der Waals surface area (Å²) in [4.78, 5) is 17.0. The number of aryl methyl sites for hydroxylation is 2. The molecule has 1 saturated heterocycles. The zero-order valence-electron chi connectivity index (χ0n) is 16.5. The lowest BCUT2D eigenvalue weighted by atomic mass is 10.1. The number of piperazine rings is 1. The molecule has 1 heterocycles. The zero-order chi connectivity index (χ0) is 19.2. The van der Waals surface area contributed by atoms with E-state index in [2.05, 4.69) is 33.3 Å². The van der Waals surface area contributed by atoms with Crippen molar-refractivity contribution in [2.45, 2.75) is 20.3 Å². The van der Waals surface area contributed by atoms with Gasteiger partial charge in [0.2, 0.25) is 5.91 Å². The van der Waals surface area contributed by atoms with Crippen LogP contribution in [0.5, 0.6) is 5.75 Å². The number of amides is 1. The molecule has 1 aliphatic rings. The summed E-state index contributed by atoms with van der Waals surface area (Å²) >= 11 is 0. The molecule has 1 amide bonds. The maximum atomic E-state index is 12.3. The standard InChI is InChI=1S/C22H29N3O2/c1-17-14-18(2)16-19(15-17)23-22(26)8-9-24-10-12-25(13-11-24)20-4-6-21(27-3)7-5-20/h4-7,14-16H,8-13H2,1-3H3,(H,23,26). The van der Waals surface area contributed by atoms with Gasteiger partial charge in [0.1, 0.15) is 5.75 Å². The Labute approximate surface area is 161 Å². The Kier molecular flexibility index (Phi) is 6.35. The van der Waals surface area contributed by atoms with E-state index in [4.69, 9.17) is 4.74 Å². The smallest absolute Gasteiger partial charge is 0.225 e. The molecule has 3 rings (SSSR count). The average Bonchev–Trinajstić information content (AvgIpc) is 2.66. The minimum Gasteiger partial charge on any atom is -0.497 e. The van der Waals surface area contributed by atoms with Crippen LogP contribution in [-0.4, -0.2) is 50.6 Å². The summed E-state index contributed by atoms with van der Waals surface area (Å²) in [5.41, 5.74) is 4.45. The fraction of sp³-hybridized carbons (Fsp3) is 0.409. The fourth-order valence-corrected chi connectivity index (χ4v) is 3.55. The van der Waals surface area contributed by atoms with Gasteiger partial charge >= 0.3 is 0 Å². The van der Waals surface area contributed by atoms with E-state index < -0.39 is 0 Å². The van der Waals surface area contributed by atoms with Crippen LogP contribution in [0.15, 0.2) is 42.5 Å². The van der Waals surface area contributed by atoms with E-state index >= 15 is 0 Å². The summed E-state index contributed by atoms with van der Waals surface area (Å²) in [5.74, 6) is 0.963. The van der Waals surface area contributed by atoms with Crippen molar-refractivity contribution < 1.29 is 9.53 Å². The molecule has 2 aromatic rings. The highest BCUT2D eigenvalue weighted by Crippen LogP contribution is 2.20. The second-order valence-electron chi connectivity index (χ2n) is 7.20. The molecular weight excluding hydrogens is 338 g/mol. The minimum absolute atomic E-state index is 0.0811. The summed E-state index contributed by atoms with van der Waals surface area (Å²) in [7, 11) is 1.68. The second kappa shape index (κ2) is 8.91. The molecule has 1 fully saturated rings. The van der Waals surface area contributed by atoms with Crippen LogP contribution in [0.2, 0.25) is 0 Å². The highest BCUT2D eigenvalue weighted by molar-refractivity contribution is 5.91. The van der Waals surface area contributed by atoms with Gasteiger partial charge in [-0.15, -0.1) is 0 Å². The van der Waals surface area contributed by atoms with Gasteiger partial charge in [-0.3, -0.25) is 9.69 Å². The maximum Gasteiger partial charge on any atom is 0.225 e. The van der Waals surface area contributed by atoms with Gasteiger partial charge in [0.05, 0.1) is 7.11 Å². The van der Waals surface area contributed by atoms with Crippen molar-refractivity contribution in [2.24, 2.45) is 0 Å². The average molecular weight is 367 g/mol. The van der Waals surface area contributed by atoms with Gasteiger partial charge in [0, 0.05) is 50.5 Å². The first kappa shape index (κ1) is 19.2. The third-order valence-electron chi connectivity index (χ3n) is 4.97. The normalized spacial score (nSPS) is 14.9. The lowest BCUT2D eigenvalue weighted by molar-refractivity contribution is -0.116. The van der Waals surface area contributed by atoms with E-state index in [0.29, 0.717) is 6.42 Å². The molecule has 0 unspecified atom stereocenters.